The molecule has 0 radical (unpaired) electrons. The van der Waals surface area contributed by atoms with Crippen molar-refractivity contribution >= 4 is 11.9 Å². The summed E-state index contributed by atoms with van der Waals surface area (Å²) in [5, 5.41) is 11.9. The van der Waals surface area contributed by atoms with Crippen molar-refractivity contribution in [1.82, 2.24) is 10.2 Å². The van der Waals surface area contributed by atoms with Crippen molar-refractivity contribution in [3.63, 3.8) is 0 Å². The standard InChI is InChI=1S/C14H21N3O4/c1-10-8-17(9-11(2)21-10)14(19)12(6-15)7-16-5-4-13(18)20-3/h7,10-11,16H,4-5,8-9H2,1-3H3/b12-7-. The predicted octanol–water partition coefficient (Wildman–Crippen LogP) is 0.182. The first kappa shape index (κ1) is 17.0. The lowest BCUT2D eigenvalue weighted by atomic mass is 10.2. The zero-order valence-corrected chi connectivity index (χ0v) is 12.6. The summed E-state index contributed by atoms with van der Waals surface area (Å²) in [6.45, 7) is 5.01. The van der Waals surface area contributed by atoms with Gasteiger partial charge in [-0.05, 0) is 13.8 Å². The van der Waals surface area contributed by atoms with E-state index in [1.54, 1.807) is 4.90 Å². The van der Waals surface area contributed by atoms with Crippen LogP contribution in [0.15, 0.2) is 11.8 Å². The maximum absolute atomic E-state index is 12.3. The molecule has 0 bridgehead atoms. The van der Waals surface area contributed by atoms with Crippen molar-refractivity contribution in [2.24, 2.45) is 0 Å². The van der Waals surface area contributed by atoms with Gasteiger partial charge in [0.25, 0.3) is 5.91 Å². The number of ether oxygens (including phenoxy) is 2. The van der Waals surface area contributed by atoms with E-state index in [1.807, 2.05) is 19.9 Å². The van der Waals surface area contributed by atoms with Crippen molar-refractivity contribution in [1.29, 1.82) is 5.26 Å². The number of morpholine rings is 1. The molecular formula is C14H21N3O4. The van der Waals surface area contributed by atoms with Crippen LogP contribution < -0.4 is 5.32 Å². The Morgan fingerprint density at radius 2 is 2.05 bits per heavy atom. The summed E-state index contributed by atoms with van der Waals surface area (Å²) < 4.78 is 10.1. The molecule has 1 heterocycles. The molecule has 7 heteroatoms. The molecule has 0 aromatic heterocycles. The first-order chi connectivity index (χ1) is 9.97. The molecule has 0 saturated carbocycles. The fraction of sp³-hybridized carbons (Fsp3) is 0.643. The first-order valence-corrected chi connectivity index (χ1v) is 6.83. The molecule has 0 aromatic carbocycles. The molecular weight excluding hydrogens is 274 g/mol. The highest BCUT2D eigenvalue weighted by Gasteiger charge is 2.27. The smallest absolute Gasteiger partial charge is 0.307 e. The van der Waals surface area contributed by atoms with E-state index in [1.165, 1.54) is 13.3 Å². The van der Waals surface area contributed by atoms with Crippen molar-refractivity contribution in [2.45, 2.75) is 32.5 Å². The molecule has 21 heavy (non-hydrogen) atoms. The number of nitrogens with zero attached hydrogens (tertiary/aromatic N) is 2. The van der Waals surface area contributed by atoms with Gasteiger partial charge < -0.3 is 19.7 Å². The van der Waals surface area contributed by atoms with Gasteiger partial charge in [0.05, 0.1) is 25.7 Å². The lowest BCUT2D eigenvalue weighted by Gasteiger charge is -2.35. The van der Waals surface area contributed by atoms with Gasteiger partial charge in [0.2, 0.25) is 0 Å². The average Bonchev–Trinajstić information content (AvgIpc) is 2.45. The summed E-state index contributed by atoms with van der Waals surface area (Å²) in [5.41, 5.74) is 0.0150. The van der Waals surface area contributed by atoms with E-state index in [9.17, 15) is 9.59 Å². The average molecular weight is 295 g/mol. The van der Waals surface area contributed by atoms with Gasteiger partial charge >= 0.3 is 5.97 Å². The van der Waals surface area contributed by atoms with E-state index in [4.69, 9.17) is 10.00 Å². The molecule has 1 N–H and O–H groups in total. The van der Waals surface area contributed by atoms with E-state index in [-0.39, 0.29) is 36.1 Å². The Bertz CT molecular complexity index is 446. The number of methoxy groups -OCH3 is 1. The summed E-state index contributed by atoms with van der Waals surface area (Å²) in [6, 6.07) is 1.88. The molecule has 1 saturated heterocycles. The largest absolute Gasteiger partial charge is 0.469 e. The van der Waals surface area contributed by atoms with Crippen LogP contribution >= 0.6 is 0 Å². The van der Waals surface area contributed by atoms with Gasteiger partial charge in [-0.15, -0.1) is 0 Å². The second-order valence-corrected chi connectivity index (χ2v) is 4.92. The lowest BCUT2D eigenvalue weighted by molar-refractivity contribution is -0.140. The zero-order valence-electron chi connectivity index (χ0n) is 12.6. The first-order valence-electron chi connectivity index (χ1n) is 6.83. The molecule has 2 unspecified atom stereocenters. The van der Waals surface area contributed by atoms with Crippen LogP contribution in [0, 0.1) is 11.3 Å². The van der Waals surface area contributed by atoms with E-state index in [0.29, 0.717) is 19.6 Å². The molecule has 116 valence electrons. The van der Waals surface area contributed by atoms with Crippen molar-refractivity contribution < 1.29 is 19.1 Å². The number of carbonyl (C=O) groups excluding carboxylic acids is 2. The van der Waals surface area contributed by atoms with Crippen LogP contribution in [0.3, 0.4) is 0 Å². The fourth-order valence-corrected chi connectivity index (χ4v) is 2.11. The van der Waals surface area contributed by atoms with Crippen LogP contribution in [0.4, 0.5) is 0 Å². The lowest BCUT2D eigenvalue weighted by Crippen LogP contribution is -2.48. The van der Waals surface area contributed by atoms with E-state index < -0.39 is 0 Å². The maximum atomic E-state index is 12.3. The zero-order chi connectivity index (χ0) is 15.8. The summed E-state index contributed by atoms with van der Waals surface area (Å²) in [5.74, 6) is -0.679. The quantitative estimate of drug-likeness (QED) is 0.337. The number of nitrogens with one attached hydrogen (secondary N) is 1. The van der Waals surface area contributed by atoms with Crippen molar-refractivity contribution in [2.75, 3.05) is 26.7 Å². The summed E-state index contributed by atoms with van der Waals surface area (Å²) in [6.07, 6.45) is 1.41. The molecule has 7 nitrogen and oxygen atoms in total. The van der Waals surface area contributed by atoms with Crippen LogP contribution in [-0.2, 0) is 19.1 Å². The third-order valence-corrected chi connectivity index (χ3v) is 3.01. The van der Waals surface area contributed by atoms with Crippen LogP contribution in [0.2, 0.25) is 0 Å². The van der Waals surface area contributed by atoms with Gasteiger partial charge in [0.1, 0.15) is 11.6 Å². The van der Waals surface area contributed by atoms with Crippen LogP contribution in [0.25, 0.3) is 0 Å². The number of hydrogen-bond donors (Lipinski definition) is 1. The Balaban J connectivity index is 2.56. The molecule has 1 amide bonds. The monoisotopic (exact) mass is 295 g/mol. The minimum absolute atomic E-state index is 0.0150. The number of hydrogen-bond acceptors (Lipinski definition) is 6. The number of nitriles is 1. The molecule has 1 fully saturated rings. The molecule has 0 spiro atoms. The summed E-state index contributed by atoms with van der Waals surface area (Å²) in [7, 11) is 1.31. The minimum Gasteiger partial charge on any atom is -0.469 e. The van der Waals surface area contributed by atoms with Gasteiger partial charge in [-0.25, -0.2) is 0 Å². The third-order valence-electron chi connectivity index (χ3n) is 3.01. The molecule has 0 aromatic rings. The number of amides is 1. The SMILES string of the molecule is COC(=O)CCN/C=C(/C#N)C(=O)N1CC(C)OC(C)C1. The van der Waals surface area contributed by atoms with Gasteiger partial charge in [0.15, 0.2) is 0 Å². The summed E-state index contributed by atoms with van der Waals surface area (Å²) in [4.78, 5) is 24.8. The molecule has 0 aliphatic carbocycles. The minimum atomic E-state index is -0.350. The number of rotatable bonds is 5. The van der Waals surface area contributed by atoms with Crippen molar-refractivity contribution in [3.8, 4) is 6.07 Å². The van der Waals surface area contributed by atoms with E-state index in [2.05, 4.69) is 10.1 Å². The third kappa shape index (κ3) is 5.44. The van der Waals surface area contributed by atoms with Gasteiger partial charge in [-0.3, -0.25) is 9.59 Å². The van der Waals surface area contributed by atoms with Gasteiger partial charge in [-0.1, -0.05) is 0 Å². The second-order valence-electron chi connectivity index (χ2n) is 4.92. The Hall–Kier alpha value is -2.07. The number of carbonyl (C=O) groups is 2. The summed E-state index contributed by atoms with van der Waals surface area (Å²) >= 11 is 0. The normalized spacial score (nSPS) is 22.4. The molecule has 1 rings (SSSR count). The fourth-order valence-electron chi connectivity index (χ4n) is 2.11. The van der Waals surface area contributed by atoms with E-state index in [0.717, 1.165) is 0 Å². The molecule has 1 aliphatic heterocycles. The highest BCUT2D eigenvalue weighted by molar-refractivity contribution is 5.97. The Morgan fingerprint density at radius 1 is 1.43 bits per heavy atom. The molecule has 1 aliphatic rings. The van der Waals surface area contributed by atoms with Gasteiger partial charge in [-0.2, -0.15) is 5.26 Å². The predicted molar refractivity (Wildman–Crippen MR) is 74.9 cm³/mol. The topological polar surface area (TPSA) is 91.7 Å². The Morgan fingerprint density at radius 3 is 2.57 bits per heavy atom. The highest BCUT2D eigenvalue weighted by Crippen LogP contribution is 2.13. The van der Waals surface area contributed by atoms with Crippen molar-refractivity contribution in [3.05, 3.63) is 11.8 Å². The Kier molecular flexibility index (Phi) is 6.69. The molecule has 2 atom stereocenters. The Labute approximate surface area is 124 Å². The number of esters is 1. The van der Waals surface area contributed by atoms with E-state index >= 15 is 0 Å². The van der Waals surface area contributed by atoms with Crippen LogP contribution in [-0.4, -0.2) is 55.7 Å². The van der Waals surface area contributed by atoms with Crippen LogP contribution in [0.1, 0.15) is 20.3 Å². The second kappa shape index (κ2) is 8.27. The van der Waals surface area contributed by atoms with Gasteiger partial charge in [0, 0.05) is 25.8 Å². The highest BCUT2D eigenvalue weighted by atomic mass is 16.5. The maximum Gasteiger partial charge on any atom is 0.307 e. The van der Waals surface area contributed by atoms with Crippen LogP contribution in [0.5, 0.6) is 0 Å².